The molecule has 2 aliphatic rings. The highest BCUT2D eigenvalue weighted by atomic mass is 16.4. The minimum Gasteiger partial charge on any atom is -0.481 e. The first-order valence-corrected chi connectivity index (χ1v) is 7.49. The maximum atomic E-state index is 12.2. The molecule has 0 spiro atoms. The van der Waals surface area contributed by atoms with E-state index in [2.05, 4.69) is 10.6 Å². The molecule has 2 amide bonds. The second-order valence-corrected chi connectivity index (χ2v) is 5.95. The summed E-state index contributed by atoms with van der Waals surface area (Å²) in [5, 5.41) is 14.6. The zero-order chi connectivity index (χ0) is 15.7. The lowest BCUT2D eigenvalue weighted by molar-refractivity contribution is -0.141. The number of carboxylic acids is 1. The molecular weight excluding hydrogens is 284 g/mol. The third kappa shape index (κ3) is 2.95. The minimum absolute atomic E-state index is 0.00922. The number of aliphatic carboxylic acids is 1. The molecule has 0 aromatic heterocycles. The van der Waals surface area contributed by atoms with Gasteiger partial charge in [-0.15, -0.1) is 0 Å². The van der Waals surface area contributed by atoms with E-state index in [0.29, 0.717) is 37.8 Å². The molecule has 1 fully saturated rings. The molecule has 3 N–H and O–H groups in total. The van der Waals surface area contributed by atoms with Gasteiger partial charge in [0.25, 0.3) is 0 Å². The Labute approximate surface area is 127 Å². The largest absolute Gasteiger partial charge is 0.481 e. The van der Waals surface area contributed by atoms with E-state index in [0.717, 1.165) is 11.3 Å². The summed E-state index contributed by atoms with van der Waals surface area (Å²) in [6, 6.07) is 5.42. The molecule has 1 saturated carbocycles. The van der Waals surface area contributed by atoms with Crippen molar-refractivity contribution < 1.29 is 19.5 Å². The zero-order valence-corrected chi connectivity index (χ0v) is 12.1. The fourth-order valence-electron chi connectivity index (χ4n) is 3.15. The van der Waals surface area contributed by atoms with Gasteiger partial charge in [0.2, 0.25) is 11.8 Å². The molecule has 0 unspecified atom stereocenters. The Hall–Kier alpha value is -2.37. The summed E-state index contributed by atoms with van der Waals surface area (Å²) in [6.07, 6.45) is 2.69. The molecule has 1 aliphatic heterocycles. The number of aryl methyl sites for hydroxylation is 1. The summed E-state index contributed by atoms with van der Waals surface area (Å²) >= 11 is 0. The van der Waals surface area contributed by atoms with Crippen molar-refractivity contribution in [1.82, 2.24) is 0 Å². The van der Waals surface area contributed by atoms with E-state index in [1.165, 1.54) is 0 Å². The number of anilines is 2. The Balaban J connectivity index is 1.65. The van der Waals surface area contributed by atoms with Crippen molar-refractivity contribution in [1.29, 1.82) is 0 Å². The number of fused-ring (bicyclic) bond motifs is 1. The van der Waals surface area contributed by atoms with Crippen LogP contribution < -0.4 is 10.6 Å². The van der Waals surface area contributed by atoms with Crippen molar-refractivity contribution in [2.45, 2.75) is 32.1 Å². The van der Waals surface area contributed by atoms with Crippen LogP contribution in [0.5, 0.6) is 0 Å². The molecule has 6 nitrogen and oxygen atoms in total. The molecule has 1 aromatic carbocycles. The summed E-state index contributed by atoms with van der Waals surface area (Å²) in [5.41, 5.74) is 2.49. The molecule has 0 bridgehead atoms. The normalized spacial score (nSPS) is 23.5. The molecular formula is C16H18N2O4. The Kier molecular flexibility index (Phi) is 3.83. The van der Waals surface area contributed by atoms with Gasteiger partial charge in [-0.05, 0) is 49.4 Å². The highest BCUT2D eigenvalue weighted by molar-refractivity contribution is 5.96. The lowest BCUT2D eigenvalue weighted by Crippen LogP contribution is -2.22. The molecule has 116 valence electrons. The van der Waals surface area contributed by atoms with E-state index in [1.807, 2.05) is 6.07 Å². The minimum atomic E-state index is -0.820. The Morgan fingerprint density at radius 2 is 1.95 bits per heavy atom. The van der Waals surface area contributed by atoms with Crippen LogP contribution in [0.3, 0.4) is 0 Å². The van der Waals surface area contributed by atoms with Crippen LogP contribution in [0.4, 0.5) is 11.4 Å². The third-order valence-corrected chi connectivity index (χ3v) is 4.42. The van der Waals surface area contributed by atoms with Gasteiger partial charge < -0.3 is 15.7 Å². The Bertz CT molecular complexity index is 641. The highest BCUT2D eigenvalue weighted by Gasteiger charge is 2.33. The first kappa shape index (κ1) is 14.6. The molecule has 3 rings (SSSR count). The monoisotopic (exact) mass is 302 g/mol. The average Bonchev–Trinajstić information content (AvgIpc) is 2.97. The van der Waals surface area contributed by atoms with Gasteiger partial charge in [0.15, 0.2) is 0 Å². The molecule has 1 aliphatic carbocycles. The number of carbonyl (C=O) groups is 3. The number of carboxylic acid groups (broad SMARTS) is 1. The third-order valence-electron chi connectivity index (χ3n) is 4.42. The quantitative estimate of drug-likeness (QED) is 0.796. The van der Waals surface area contributed by atoms with Gasteiger partial charge in [-0.2, -0.15) is 0 Å². The van der Waals surface area contributed by atoms with Crippen LogP contribution in [0.15, 0.2) is 18.2 Å². The van der Waals surface area contributed by atoms with E-state index >= 15 is 0 Å². The summed E-state index contributed by atoms with van der Waals surface area (Å²) < 4.78 is 0. The molecule has 0 radical (unpaired) electrons. The van der Waals surface area contributed by atoms with E-state index < -0.39 is 11.9 Å². The number of amides is 2. The fraction of sp³-hybridized carbons (Fsp3) is 0.438. The predicted octanol–water partition coefficient (Wildman–Crippen LogP) is 2.01. The molecule has 2 atom stereocenters. The van der Waals surface area contributed by atoms with Crippen LogP contribution in [0.1, 0.15) is 31.2 Å². The lowest BCUT2D eigenvalue weighted by Gasteiger charge is -2.18. The zero-order valence-electron chi connectivity index (χ0n) is 12.1. The molecule has 0 saturated heterocycles. The van der Waals surface area contributed by atoms with Gasteiger partial charge in [0.05, 0.1) is 5.92 Å². The van der Waals surface area contributed by atoms with E-state index in [4.69, 9.17) is 5.11 Å². The van der Waals surface area contributed by atoms with E-state index in [1.54, 1.807) is 12.1 Å². The standard InChI is InChI=1S/C16H18N2O4/c19-14-6-3-9-8-12(4-5-13(9)18-14)17-15(20)10-1-2-11(7-10)16(21)22/h4-5,8,10-11H,1-3,6-7H2,(H,17,20)(H,18,19)(H,21,22)/t10-,11+/m0/s1. The van der Waals surface area contributed by atoms with Crippen molar-refractivity contribution in [3.8, 4) is 0 Å². The van der Waals surface area contributed by atoms with E-state index in [9.17, 15) is 14.4 Å². The number of nitrogens with one attached hydrogen (secondary N) is 2. The van der Waals surface area contributed by atoms with Crippen LogP contribution in [-0.2, 0) is 20.8 Å². The van der Waals surface area contributed by atoms with Gasteiger partial charge in [0, 0.05) is 23.7 Å². The van der Waals surface area contributed by atoms with Crippen LogP contribution in [0.25, 0.3) is 0 Å². The maximum Gasteiger partial charge on any atom is 0.306 e. The van der Waals surface area contributed by atoms with Gasteiger partial charge in [0.1, 0.15) is 0 Å². The number of rotatable bonds is 3. The molecule has 1 heterocycles. The summed E-state index contributed by atoms with van der Waals surface area (Å²) in [4.78, 5) is 34.5. The second-order valence-electron chi connectivity index (χ2n) is 5.95. The van der Waals surface area contributed by atoms with Crippen LogP contribution in [0, 0.1) is 11.8 Å². The lowest BCUT2D eigenvalue weighted by atomic mass is 10.0. The Morgan fingerprint density at radius 1 is 1.18 bits per heavy atom. The van der Waals surface area contributed by atoms with Gasteiger partial charge in [-0.25, -0.2) is 0 Å². The topological polar surface area (TPSA) is 95.5 Å². The second kappa shape index (κ2) is 5.79. The van der Waals surface area contributed by atoms with Gasteiger partial charge in [-0.1, -0.05) is 0 Å². The Morgan fingerprint density at radius 3 is 2.68 bits per heavy atom. The summed E-state index contributed by atoms with van der Waals surface area (Å²) in [5.74, 6) is -1.58. The fourth-order valence-corrected chi connectivity index (χ4v) is 3.15. The molecule has 22 heavy (non-hydrogen) atoms. The van der Waals surface area contributed by atoms with Crippen LogP contribution >= 0.6 is 0 Å². The van der Waals surface area contributed by atoms with E-state index in [-0.39, 0.29) is 17.7 Å². The number of carbonyl (C=O) groups excluding carboxylic acids is 2. The summed E-state index contributed by atoms with van der Waals surface area (Å²) in [7, 11) is 0. The van der Waals surface area contributed by atoms with Crippen molar-refractivity contribution in [2.75, 3.05) is 10.6 Å². The van der Waals surface area contributed by atoms with Crippen LogP contribution in [0.2, 0.25) is 0 Å². The molecule has 1 aromatic rings. The first-order chi connectivity index (χ1) is 10.5. The van der Waals surface area contributed by atoms with Gasteiger partial charge >= 0.3 is 5.97 Å². The number of benzene rings is 1. The van der Waals surface area contributed by atoms with Crippen molar-refractivity contribution in [2.24, 2.45) is 11.8 Å². The number of hydrogen-bond donors (Lipinski definition) is 3. The first-order valence-electron chi connectivity index (χ1n) is 7.49. The van der Waals surface area contributed by atoms with Crippen molar-refractivity contribution >= 4 is 29.2 Å². The maximum absolute atomic E-state index is 12.2. The average molecular weight is 302 g/mol. The van der Waals surface area contributed by atoms with Crippen molar-refractivity contribution in [3.63, 3.8) is 0 Å². The molecule has 6 heteroatoms. The van der Waals surface area contributed by atoms with Crippen molar-refractivity contribution in [3.05, 3.63) is 23.8 Å². The summed E-state index contributed by atoms with van der Waals surface area (Å²) in [6.45, 7) is 0. The number of hydrogen-bond acceptors (Lipinski definition) is 3. The van der Waals surface area contributed by atoms with Gasteiger partial charge in [-0.3, -0.25) is 14.4 Å². The smallest absolute Gasteiger partial charge is 0.306 e. The van der Waals surface area contributed by atoms with Crippen LogP contribution in [-0.4, -0.2) is 22.9 Å². The SMILES string of the molecule is O=C1CCc2cc(NC(=O)[C@H]3CC[C@@H](C(=O)O)C3)ccc2N1. The highest BCUT2D eigenvalue weighted by Crippen LogP contribution is 2.32. The predicted molar refractivity (Wildman–Crippen MR) is 80.5 cm³/mol.